The van der Waals surface area contributed by atoms with Crippen molar-refractivity contribution in [3.8, 4) is 0 Å². The first kappa shape index (κ1) is 22.6. The van der Waals surface area contributed by atoms with E-state index in [1.165, 1.54) is 18.2 Å². The highest BCUT2D eigenvalue weighted by Gasteiger charge is 2.31. The molecular formula is C16H12Cl3F3N2O3S. The van der Waals surface area contributed by atoms with Crippen molar-refractivity contribution in [2.45, 2.75) is 6.18 Å². The van der Waals surface area contributed by atoms with Crippen LogP contribution in [0.5, 0.6) is 0 Å². The van der Waals surface area contributed by atoms with Gasteiger partial charge in [0.1, 0.15) is 6.54 Å². The number of benzene rings is 2. The molecule has 2 aromatic rings. The van der Waals surface area contributed by atoms with Gasteiger partial charge in [-0.2, -0.15) is 13.2 Å². The Kier molecular flexibility index (Phi) is 6.75. The topological polar surface area (TPSA) is 66.5 Å². The van der Waals surface area contributed by atoms with E-state index in [2.05, 4.69) is 5.32 Å². The molecule has 1 amide bonds. The van der Waals surface area contributed by atoms with Crippen molar-refractivity contribution in [2.75, 3.05) is 22.4 Å². The van der Waals surface area contributed by atoms with Crippen LogP contribution in [-0.4, -0.2) is 27.1 Å². The van der Waals surface area contributed by atoms with Crippen LogP contribution >= 0.6 is 34.8 Å². The predicted molar refractivity (Wildman–Crippen MR) is 104 cm³/mol. The molecule has 0 aliphatic carbocycles. The van der Waals surface area contributed by atoms with Gasteiger partial charge in [-0.1, -0.05) is 34.8 Å². The first-order valence-corrected chi connectivity index (χ1v) is 10.4. The molecule has 0 unspecified atom stereocenters. The second-order valence-electron chi connectivity index (χ2n) is 5.61. The fraction of sp³-hybridized carbons (Fsp3) is 0.188. The SMILES string of the molecule is CS(=O)(=O)N(CC(=O)Nc1cc(C(F)(F)F)ccc1Cl)c1ccc(Cl)cc1Cl. The molecule has 12 heteroatoms. The molecule has 1 N–H and O–H groups in total. The van der Waals surface area contributed by atoms with Crippen molar-refractivity contribution in [1.29, 1.82) is 0 Å². The molecule has 0 spiro atoms. The van der Waals surface area contributed by atoms with Crippen molar-refractivity contribution < 1.29 is 26.4 Å². The smallest absolute Gasteiger partial charge is 0.323 e. The Morgan fingerprint density at radius 1 is 1.07 bits per heavy atom. The van der Waals surface area contributed by atoms with Gasteiger partial charge >= 0.3 is 6.18 Å². The van der Waals surface area contributed by atoms with Gasteiger partial charge in [0.15, 0.2) is 0 Å². The van der Waals surface area contributed by atoms with E-state index in [1.807, 2.05) is 0 Å². The summed E-state index contributed by atoms with van der Waals surface area (Å²) >= 11 is 17.6. The molecule has 2 rings (SSSR count). The summed E-state index contributed by atoms with van der Waals surface area (Å²) < 4.78 is 63.4. The molecule has 0 atom stereocenters. The molecule has 5 nitrogen and oxygen atoms in total. The first-order valence-electron chi connectivity index (χ1n) is 7.38. The van der Waals surface area contributed by atoms with Crippen LogP contribution in [0.1, 0.15) is 5.56 Å². The lowest BCUT2D eigenvalue weighted by molar-refractivity contribution is -0.137. The Balaban J connectivity index is 2.31. The van der Waals surface area contributed by atoms with Crippen molar-refractivity contribution in [2.24, 2.45) is 0 Å². The minimum atomic E-state index is -4.64. The summed E-state index contributed by atoms with van der Waals surface area (Å²) in [6.07, 6.45) is -3.79. The van der Waals surface area contributed by atoms with Crippen molar-refractivity contribution in [3.63, 3.8) is 0 Å². The Hall–Kier alpha value is -1.68. The molecule has 0 saturated heterocycles. The number of carbonyl (C=O) groups excluding carboxylic acids is 1. The van der Waals surface area contributed by atoms with E-state index >= 15 is 0 Å². The summed E-state index contributed by atoms with van der Waals surface area (Å²) in [5.41, 5.74) is -1.34. The van der Waals surface area contributed by atoms with Crippen molar-refractivity contribution in [1.82, 2.24) is 0 Å². The first-order chi connectivity index (χ1) is 12.8. The Morgan fingerprint density at radius 3 is 2.25 bits per heavy atom. The fourth-order valence-electron chi connectivity index (χ4n) is 2.18. The van der Waals surface area contributed by atoms with E-state index in [4.69, 9.17) is 34.8 Å². The Morgan fingerprint density at radius 2 is 1.71 bits per heavy atom. The number of sulfonamides is 1. The maximum atomic E-state index is 12.8. The number of amides is 1. The summed E-state index contributed by atoms with van der Waals surface area (Å²) in [5.74, 6) is -0.919. The molecule has 0 aromatic heterocycles. The van der Waals surface area contributed by atoms with Crippen LogP contribution in [0.15, 0.2) is 36.4 Å². The molecule has 0 aliphatic heterocycles. The zero-order valence-corrected chi connectivity index (χ0v) is 17.1. The van der Waals surface area contributed by atoms with Crippen molar-refractivity contribution >= 4 is 62.1 Å². The lowest BCUT2D eigenvalue weighted by Crippen LogP contribution is -2.37. The Bertz CT molecular complexity index is 1010. The highest BCUT2D eigenvalue weighted by molar-refractivity contribution is 7.92. The molecule has 0 bridgehead atoms. The highest BCUT2D eigenvalue weighted by atomic mass is 35.5. The van der Waals surface area contributed by atoms with E-state index in [-0.39, 0.29) is 26.4 Å². The van der Waals surface area contributed by atoms with Crippen LogP contribution < -0.4 is 9.62 Å². The van der Waals surface area contributed by atoms with Gasteiger partial charge in [0.2, 0.25) is 15.9 Å². The molecule has 0 saturated carbocycles. The van der Waals surface area contributed by atoms with E-state index in [0.29, 0.717) is 10.4 Å². The molecule has 28 heavy (non-hydrogen) atoms. The number of halogens is 6. The summed E-state index contributed by atoms with van der Waals surface area (Å²) in [6.45, 7) is -0.743. The number of nitrogens with one attached hydrogen (secondary N) is 1. The molecule has 0 fully saturated rings. The number of alkyl halides is 3. The number of hydrogen-bond acceptors (Lipinski definition) is 3. The monoisotopic (exact) mass is 474 g/mol. The van der Waals surface area contributed by atoms with Crippen LogP contribution in [0.4, 0.5) is 24.5 Å². The number of hydrogen-bond donors (Lipinski definition) is 1. The average molecular weight is 476 g/mol. The normalized spacial score (nSPS) is 12.0. The molecule has 0 heterocycles. The minimum absolute atomic E-state index is 0.0149. The second-order valence-corrected chi connectivity index (χ2v) is 8.76. The molecule has 0 aliphatic rings. The maximum absolute atomic E-state index is 12.8. The molecular weight excluding hydrogens is 464 g/mol. The van der Waals surface area contributed by atoms with Gasteiger partial charge in [-0.25, -0.2) is 8.42 Å². The molecule has 152 valence electrons. The van der Waals surface area contributed by atoms with Gasteiger partial charge < -0.3 is 5.32 Å². The predicted octanol–water partition coefficient (Wildman–Crippen LogP) is 5.07. The van der Waals surface area contributed by atoms with Crippen LogP contribution in [0.25, 0.3) is 0 Å². The maximum Gasteiger partial charge on any atom is 0.416 e. The Labute approximate surface area is 174 Å². The van der Waals surface area contributed by atoms with E-state index < -0.39 is 34.2 Å². The average Bonchev–Trinajstić information content (AvgIpc) is 2.53. The summed E-state index contributed by atoms with van der Waals surface area (Å²) in [6, 6.07) is 6.36. The highest BCUT2D eigenvalue weighted by Crippen LogP contribution is 2.34. The van der Waals surface area contributed by atoms with Gasteiger partial charge in [-0.05, 0) is 36.4 Å². The van der Waals surface area contributed by atoms with Gasteiger partial charge in [0, 0.05) is 5.02 Å². The van der Waals surface area contributed by atoms with Gasteiger partial charge in [-0.3, -0.25) is 9.10 Å². The van der Waals surface area contributed by atoms with Crippen LogP contribution in [0, 0.1) is 0 Å². The van der Waals surface area contributed by atoms with E-state index in [0.717, 1.165) is 18.4 Å². The number of anilines is 2. The zero-order valence-electron chi connectivity index (χ0n) is 14.0. The van der Waals surface area contributed by atoms with Crippen LogP contribution in [-0.2, 0) is 21.0 Å². The lowest BCUT2D eigenvalue weighted by Gasteiger charge is -2.23. The fourth-order valence-corrected chi connectivity index (χ4v) is 3.78. The largest absolute Gasteiger partial charge is 0.416 e. The molecule has 2 aromatic carbocycles. The van der Waals surface area contributed by atoms with Crippen LogP contribution in [0.2, 0.25) is 15.1 Å². The second kappa shape index (κ2) is 8.36. The summed E-state index contributed by atoms with van der Waals surface area (Å²) in [5, 5.41) is 2.26. The minimum Gasteiger partial charge on any atom is -0.323 e. The lowest BCUT2D eigenvalue weighted by atomic mass is 10.2. The van der Waals surface area contributed by atoms with Crippen molar-refractivity contribution in [3.05, 3.63) is 57.0 Å². The number of carbonyl (C=O) groups is 1. The number of rotatable bonds is 5. The third-order valence-corrected chi connectivity index (χ3v) is 5.43. The zero-order chi connectivity index (χ0) is 21.3. The third-order valence-electron chi connectivity index (χ3n) is 3.43. The van der Waals surface area contributed by atoms with E-state index in [1.54, 1.807) is 0 Å². The summed E-state index contributed by atoms with van der Waals surface area (Å²) in [7, 11) is -3.95. The molecule has 0 radical (unpaired) electrons. The van der Waals surface area contributed by atoms with Crippen LogP contribution in [0.3, 0.4) is 0 Å². The number of nitrogens with zero attached hydrogens (tertiary/aromatic N) is 1. The van der Waals surface area contributed by atoms with E-state index in [9.17, 15) is 26.4 Å². The van der Waals surface area contributed by atoms with Gasteiger partial charge in [0.05, 0.1) is 33.2 Å². The summed E-state index contributed by atoms with van der Waals surface area (Å²) in [4.78, 5) is 12.3. The van der Waals surface area contributed by atoms with Gasteiger partial charge in [0.25, 0.3) is 0 Å². The third kappa shape index (κ3) is 5.66. The van der Waals surface area contributed by atoms with Gasteiger partial charge in [-0.15, -0.1) is 0 Å². The standard InChI is InChI=1S/C16H12Cl3F3N2O3S/c1-28(26,27)24(14-5-3-10(17)7-12(14)19)8-15(25)23-13-6-9(16(20,21)22)2-4-11(13)18/h2-7H,8H2,1H3,(H,23,25). The quantitative estimate of drug-likeness (QED) is 0.656.